The monoisotopic (exact) mass is 841 g/mol. The maximum absolute atomic E-state index is 15.5. The van der Waals surface area contributed by atoms with Gasteiger partial charge in [-0.1, -0.05) is 0 Å². The number of nitrogens with two attached hydrogens (primary N) is 2. The van der Waals surface area contributed by atoms with E-state index in [1.54, 1.807) is 0 Å². The first-order valence-corrected chi connectivity index (χ1v) is 17.6. The van der Waals surface area contributed by atoms with Crippen molar-refractivity contribution >= 4 is 78.5 Å². The highest BCUT2D eigenvalue weighted by atomic mass is 32.1. The van der Waals surface area contributed by atoms with Crippen molar-refractivity contribution in [2.75, 3.05) is 36.5 Å². The Kier molecular flexibility index (Phi) is 18.5. The number of carboxylic acids is 2. The Morgan fingerprint density at radius 1 is 0.893 bits per heavy atom. The maximum Gasteiger partial charge on any atom is 0.351 e. The zero-order valence-corrected chi connectivity index (χ0v) is 30.9. The number of hydrogen-bond acceptors (Lipinski definition) is 17. The molecular weight excluding hydrogens is 800 g/mol. The minimum atomic E-state index is -4.19. The van der Waals surface area contributed by atoms with E-state index in [-0.39, 0.29) is 37.2 Å². The third kappa shape index (κ3) is 14.0. The summed E-state index contributed by atoms with van der Waals surface area (Å²) < 4.78 is 41.3. The first kappa shape index (κ1) is 47.2. The predicted octanol–water partition coefficient (Wildman–Crippen LogP) is -4.94. The molecular formula is C29H41F2N9O14S2. The fourth-order valence-corrected chi connectivity index (χ4v) is 5.12. The van der Waals surface area contributed by atoms with Crippen LogP contribution in [0.3, 0.4) is 0 Å². The first-order valence-electron chi connectivity index (χ1n) is 16.3. The van der Waals surface area contributed by atoms with Crippen LogP contribution in [-0.2, 0) is 47.8 Å². The van der Waals surface area contributed by atoms with E-state index >= 15 is 8.78 Å². The van der Waals surface area contributed by atoms with Crippen LogP contribution in [0.5, 0.6) is 0 Å². The molecule has 4 unspecified atom stereocenters. The van der Waals surface area contributed by atoms with Crippen molar-refractivity contribution in [1.29, 1.82) is 0 Å². The number of aliphatic hydroxyl groups excluding tert-OH is 1. The van der Waals surface area contributed by atoms with Crippen molar-refractivity contribution in [2.24, 2.45) is 11.5 Å². The molecule has 1 aromatic rings. The molecule has 12 N–H and O–H groups in total. The number of aromatic nitrogens is 2. The number of carbonyl (C=O) groups is 8. The van der Waals surface area contributed by atoms with Crippen LogP contribution < -0.4 is 43.7 Å². The average Bonchev–Trinajstić information content (AvgIpc) is 3.39. The number of carbonyl (C=O) groups excluding carboxylic acids is 6. The second kappa shape index (κ2) is 22.0. The molecule has 5 amide bonds. The summed E-state index contributed by atoms with van der Waals surface area (Å²) >= 11 is 7.89. The van der Waals surface area contributed by atoms with Crippen molar-refractivity contribution in [3.05, 3.63) is 22.7 Å². The highest BCUT2D eigenvalue weighted by Crippen LogP contribution is 2.43. The lowest BCUT2D eigenvalue weighted by molar-refractivity contribution is -0.176. The molecule has 0 bridgehead atoms. The molecule has 2 heterocycles. The van der Waals surface area contributed by atoms with Gasteiger partial charge < -0.3 is 62.8 Å². The van der Waals surface area contributed by atoms with Gasteiger partial charge in [0.25, 0.3) is 0 Å². The molecule has 7 atom stereocenters. The largest absolute Gasteiger partial charge is 0.480 e. The molecule has 1 aromatic heterocycles. The number of amides is 5. The summed E-state index contributed by atoms with van der Waals surface area (Å²) in [7, 11) is 0. The number of rotatable bonds is 22. The highest BCUT2D eigenvalue weighted by Gasteiger charge is 2.62. The average molecular weight is 842 g/mol. The quantitative estimate of drug-likeness (QED) is 0.0384. The van der Waals surface area contributed by atoms with Gasteiger partial charge in [0.05, 0.1) is 13.2 Å². The summed E-state index contributed by atoms with van der Waals surface area (Å²) in [5.41, 5.74) is 9.27. The SMILES string of the molecule is NC(CCC(=O)NC(CS)C(=O)NCC(=O)Nc1ccn([C@@H]2O[C@H](CO)[C@@H](OC(=O)CNC(=O)C(CS)NC(=O)CCC(N)C(=O)O)C2(F)F)c(=O)n1)C(=O)O. The standard InChI is InChI=1S/C29H41F2N9O14S2/c30-29(31)22(54-21(45)8-35-24(47)15(11-56)37-19(43)4-2-13(33)26(50)51)16(9-41)53-27(29)40-6-5-17(39-28(40)52)38-20(44)7-34-23(46)14(10-55)36-18(42)3-1-12(32)25(48)49/h5-6,12-16,22,27,41,55-56H,1-4,7-11,32-33H2,(H,34,46)(H,35,47)(H,36,42)(H,37,43)(H,48,49)(H,50,51)(H,38,39,44,52)/t12?,13?,14?,15?,16-,22-,27-/m1/s1. The third-order valence-electron chi connectivity index (χ3n) is 7.64. The Morgan fingerprint density at radius 3 is 1.84 bits per heavy atom. The number of halogens is 2. The molecule has 312 valence electrons. The number of hydrogen-bond donors (Lipinski definition) is 12. The zero-order chi connectivity index (χ0) is 42.3. The van der Waals surface area contributed by atoms with Crippen LogP contribution in [0.4, 0.5) is 14.6 Å². The number of anilines is 1. The van der Waals surface area contributed by atoms with Crippen molar-refractivity contribution < 1.29 is 71.9 Å². The number of nitrogens with one attached hydrogen (secondary N) is 5. The van der Waals surface area contributed by atoms with E-state index in [9.17, 15) is 48.3 Å². The summed E-state index contributed by atoms with van der Waals surface area (Å²) in [6.07, 6.45) is -7.22. The van der Waals surface area contributed by atoms with Gasteiger partial charge in [-0.3, -0.25) is 42.9 Å². The van der Waals surface area contributed by atoms with Gasteiger partial charge in [-0.25, -0.2) is 4.79 Å². The fraction of sp³-hybridized carbons (Fsp3) is 0.586. The van der Waals surface area contributed by atoms with Gasteiger partial charge in [0, 0.05) is 30.5 Å². The minimum absolute atomic E-state index is 0.209. The second-order valence-corrected chi connectivity index (χ2v) is 12.6. The Morgan fingerprint density at radius 2 is 1.39 bits per heavy atom. The van der Waals surface area contributed by atoms with E-state index in [2.05, 4.69) is 56.8 Å². The Balaban J connectivity index is 1.97. The molecule has 1 saturated heterocycles. The molecule has 0 saturated carbocycles. The molecule has 1 aliphatic heterocycles. The number of nitrogens with zero attached hydrogens (tertiary/aromatic N) is 2. The molecule has 27 heteroatoms. The molecule has 23 nitrogen and oxygen atoms in total. The van der Waals surface area contributed by atoms with Crippen molar-refractivity contribution in [1.82, 2.24) is 30.8 Å². The summed E-state index contributed by atoms with van der Waals surface area (Å²) in [4.78, 5) is 112. The highest BCUT2D eigenvalue weighted by molar-refractivity contribution is 7.80. The fourth-order valence-electron chi connectivity index (χ4n) is 4.61. The number of thiol groups is 2. The maximum atomic E-state index is 15.5. The van der Waals surface area contributed by atoms with Crippen LogP contribution in [0.2, 0.25) is 0 Å². The van der Waals surface area contributed by atoms with Crippen LogP contribution in [0.25, 0.3) is 0 Å². The lowest BCUT2D eigenvalue weighted by Gasteiger charge is -2.24. The number of aliphatic hydroxyl groups is 1. The van der Waals surface area contributed by atoms with E-state index in [1.165, 1.54) is 0 Å². The van der Waals surface area contributed by atoms with E-state index in [1.807, 2.05) is 0 Å². The first-order chi connectivity index (χ1) is 26.2. The van der Waals surface area contributed by atoms with Gasteiger partial charge in [0.1, 0.15) is 42.6 Å². The number of ether oxygens (including phenoxy) is 2. The number of aliphatic carboxylic acids is 2. The molecule has 0 aromatic carbocycles. The van der Waals surface area contributed by atoms with Crippen molar-refractivity contribution in [2.45, 2.75) is 74.2 Å². The lowest BCUT2D eigenvalue weighted by Crippen LogP contribution is -2.50. The third-order valence-corrected chi connectivity index (χ3v) is 8.37. The normalized spacial score (nSPS) is 19.3. The number of carboxylic acid groups (broad SMARTS) is 2. The van der Waals surface area contributed by atoms with E-state index < -0.39 is 127 Å². The van der Waals surface area contributed by atoms with Crippen LogP contribution in [0.15, 0.2) is 17.1 Å². The van der Waals surface area contributed by atoms with Crippen LogP contribution in [-0.4, -0.2) is 146 Å². The number of alkyl halides is 2. The molecule has 0 radical (unpaired) electrons. The minimum Gasteiger partial charge on any atom is -0.480 e. The molecule has 0 spiro atoms. The zero-order valence-electron chi connectivity index (χ0n) is 29.1. The van der Waals surface area contributed by atoms with Gasteiger partial charge in [-0.15, -0.1) is 0 Å². The molecule has 56 heavy (non-hydrogen) atoms. The lowest BCUT2D eigenvalue weighted by atomic mass is 10.1. The molecule has 1 fully saturated rings. The molecule has 2 rings (SSSR count). The van der Waals surface area contributed by atoms with Crippen LogP contribution >= 0.6 is 25.3 Å². The summed E-state index contributed by atoms with van der Waals surface area (Å²) in [5.74, 6) is -13.5. The van der Waals surface area contributed by atoms with E-state index in [4.69, 9.17) is 31.2 Å². The van der Waals surface area contributed by atoms with Gasteiger partial charge in [-0.2, -0.15) is 39.0 Å². The van der Waals surface area contributed by atoms with Crippen molar-refractivity contribution in [3.63, 3.8) is 0 Å². The van der Waals surface area contributed by atoms with Gasteiger partial charge >= 0.3 is 29.5 Å². The van der Waals surface area contributed by atoms with Gasteiger partial charge in [0.2, 0.25) is 35.8 Å². The van der Waals surface area contributed by atoms with E-state index in [0.29, 0.717) is 4.57 Å². The topological polar surface area (TPSA) is 363 Å². The predicted molar refractivity (Wildman–Crippen MR) is 190 cm³/mol. The number of esters is 1. The summed E-state index contributed by atoms with van der Waals surface area (Å²) in [5, 5.41) is 38.3. The van der Waals surface area contributed by atoms with Crippen molar-refractivity contribution in [3.8, 4) is 0 Å². The summed E-state index contributed by atoms with van der Waals surface area (Å²) in [6.45, 7) is -2.83. The Labute approximate surface area is 325 Å². The van der Waals surface area contributed by atoms with Crippen LogP contribution in [0.1, 0.15) is 31.9 Å². The van der Waals surface area contributed by atoms with Crippen LogP contribution in [0, 0.1) is 0 Å². The Hall–Kier alpha value is -4.96. The smallest absolute Gasteiger partial charge is 0.351 e. The Bertz CT molecular complexity index is 1690. The summed E-state index contributed by atoms with van der Waals surface area (Å²) in [6, 6.07) is -4.27. The second-order valence-electron chi connectivity index (χ2n) is 11.9. The van der Waals surface area contributed by atoms with E-state index in [0.717, 1.165) is 12.3 Å². The molecule has 0 aliphatic carbocycles. The van der Waals surface area contributed by atoms with Gasteiger partial charge in [-0.05, 0) is 18.9 Å². The molecule has 1 aliphatic rings. The van der Waals surface area contributed by atoms with Gasteiger partial charge in [0.15, 0.2) is 6.10 Å².